The molecule has 0 radical (unpaired) electrons. The molecule has 44 heavy (non-hydrogen) atoms. The fourth-order valence-electron chi connectivity index (χ4n) is 4.65. The average Bonchev–Trinajstić information content (AvgIpc) is 3.35. The number of nitro groups is 1. The van der Waals surface area contributed by atoms with Crippen molar-refractivity contribution in [2.45, 2.75) is 77.7 Å². The summed E-state index contributed by atoms with van der Waals surface area (Å²) < 4.78 is 17.0. The Morgan fingerprint density at radius 2 is 1.75 bits per heavy atom. The first-order valence-electron chi connectivity index (χ1n) is 14.3. The van der Waals surface area contributed by atoms with Crippen LogP contribution >= 0.6 is 0 Å². The Labute approximate surface area is 256 Å². The van der Waals surface area contributed by atoms with Gasteiger partial charge >= 0.3 is 23.8 Å². The van der Waals surface area contributed by atoms with Crippen molar-refractivity contribution in [1.29, 1.82) is 0 Å². The minimum Gasteiger partial charge on any atom is -0.486 e. The van der Waals surface area contributed by atoms with Crippen molar-refractivity contribution in [2.75, 3.05) is 31.6 Å². The molecule has 0 spiro atoms. The summed E-state index contributed by atoms with van der Waals surface area (Å²) in [6.07, 6.45) is -1.14. The number of carbonyl (C=O) groups excluding carboxylic acids is 2. The van der Waals surface area contributed by atoms with Crippen molar-refractivity contribution in [3.8, 4) is 17.0 Å². The van der Waals surface area contributed by atoms with E-state index >= 15 is 0 Å². The summed E-state index contributed by atoms with van der Waals surface area (Å²) in [5.41, 5.74) is -1.41. The van der Waals surface area contributed by atoms with Crippen LogP contribution in [-0.4, -0.2) is 88.1 Å². The number of para-hydroxylation sites is 1. The van der Waals surface area contributed by atoms with Gasteiger partial charge in [0.1, 0.15) is 23.1 Å². The molecule has 14 nitrogen and oxygen atoms in total. The van der Waals surface area contributed by atoms with Gasteiger partial charge in [0.25, 0.3) is 0 Å². The van der Waals surface area contributed by atoms with Gasteiger partial charge in [0.2, 0.25) is 5.75 Å². The number of carboxylic acid groups (broad SMARTS) is 1. The third-order valence-electron chi connectivity index (χ3n) is 6.41. The first-order valence-corrected chi connectivity index (χ1v) is 14.3. The molecule has 0 bridgehead atoms. The van der Waals surface area contributed by atoms with Crippen molar-refractivity contribution >= 4 is 29.7 Å². The number of likely N-dealkylation sites (tertiary alicyclic amines) is 1. The van der Waals surface area contributed by atoms with Crippen molar-refractivity contribution in [3.05, 3.63) is 46.5 Å². The molecule has 0 aliphatic carbocycles. The van der Waals surface area contributed by atoms with Crippen molar-refractivity contribution in [1.82, 2.24) is 15.2 Å². The number of benzene rings is 1. The van der Waals surface area contributed by atoms with E-state index in [-0.39, 0.29) is 42.5 Å². The molecule has 14 heteroatoms. The normalized spacial score (nSPS) is 16.8. The van der Waals surface area contributed by atoms with Gasteiger partial charge in [-0.2, -0.15) is 0 Å². The van der Waals surface area contributed by atoms with E-state index in [1.54, 1.807) is 72.9 Å². The highest BCUT2D eigenvalue weighted by atomic mass is 16.6. The van der Waals surface area contributed by atoms with E-state index in [9.17, 15) is 29.6 Å². The number of ether oxygens (including phenoxy) is 3. The highest BCUT2D eigenvalue weighted by Gasteiger charge is 2.46. The largest absolute Gasteiger partial charge is 0.486 e. The first kappa shape index (κ1) is 34.0. The zero-order valence-electron chi connectivity index (χ0n) is 26.2. The van der Waals surface area contributed by atoms with Crippen LogP contribution < -0.4 is 15.0 Å². The van der Waals surface area contributed by atoms with Crippen LogP contribution in [0.25, 0.3) is 11.3 Å². The molecule has 1 fully saturated rings. The van der Waals surface area contributed by atoms with Gasteiger partial charge in [0, 0.05) is 24.6 Å². The van der Waals surface area contributed by atoms with E-state index < -0.39 is 46.4 Å². The van der Waals surface area contributed by atoms with Crippen LogP contribution in [0, 0.1) is 10.1 Å². The lowest BCUT2D eigenvalue weighted by Crippen LogP contribution is -2.46. The molecule has 1 aliphatic rings. The Morgan fingerprint density at radius 1 is 1.09 bits per heavy atom. The van der Waals surface area contributed by atoms with Gasteiger partial charge in [-0.1, -0.05) is 12.1 Å². The number of carbonyl (C=O) groups is 3. The Bertz CT molecular complexity index is 1370. The number of pyridine rings is 1. The Hall–Kier alpha value is -4.46. The monoisotopic (exact) mass is 615 g/mol. The van der Waals surface area contributed by atoms with Crippen molar-refractivity contribution in [2.24, 2.45) is 0 Å². The molecule has 1 saturated heterocycles. The van der Waals surface area contributed by atoms with E-state index in [4.69, 9.17) is 14.2 Å². The summed E-state index contributed by atoms with van der Waals surface area (Å²) >= 11 is 0. The maximum atomic E-state index is 13.7. The van der Waals surface area contributed by atoms with Crippen LogP contribution in [0.5, 0.6) is 5.75 Å². The van der Waals surface area contributed by atoms with Crippen LogP contribution in [0.1, 0.15) is 54.4 Å². The number of nitrogens with one attached hydrogen (secondary N) is 1. The molecule has 0 saturated carbocycles. The van der Waals surface area contributed by atoms with E-state index in [0.29, 0.717) is 18.5 Å². The maximum Gasteiger partial charge on any atom is 0.416 e. The highest BCUT2D eigenvalue weighted by Crippen LogP contribution is 2.38. The minimum atomic E-state index is -1.27. The van der Waals surface area contributed by atoms with Gasteiger partial charge < -0.3 is 24.6 Å². The molecule has 2 amide bonds. The summed E-state index contributed by atoms with van der Waals surface area (Å²) in [4.78, 5) is 57.1. The first-order chi connectivity index (χ1) is 20.5. The van der Waals surface area contributed by atoms with E-state index in [1.165, 1.54) is 17.0 Å². The number of rotatable bonds is 10. The SMILES string of the molecule is CNCCCOc1c(-c2cccc(N(C(=O)OC(C)(C)C)[C@H]3C[C@@H](C(=O)O)N(C(=O)OC(C)(C)C)C3)n2)cccc1[N+](=O)[O-]. The summed E-state index contributed by atoms with van der Waals surface area (Å²) in [5.74, 6) is -1.12. The number of amides is 2. The molecule has 2 aromatic rings. The molecule has 2 atom stereocenters. The fourth-order valence-corrected chi connectivity index (χ4v) is 4.65. The fraction of sp³-hybridized carbons (Fsp3) is 0.533. The molecular formula is C30H41N5O9. The third-order valence-corrected chi connectivity index (χ3v) is 6.41. The van der Waals surface area contributed by atoms with Gasteiger partial charge in [-0.15, -0.1) is 0 Å². The summed E-state index contributed by atoms with van der Waals surface area (Å²) in [7, 11) is 1.79. The number of aliphatic carboxylic acids is 1. The molecule has 240 valence electrons. The van der Waals surface area contributed by atoms with Crippen molar-refractivity contribution in [3.63, 3.8) is 0 Å². The van der Waals surface area contributed by atoms with Crippen LogP contribution in [-0.2, 0) is 14.3 Å². The molecule has 1 aromatic heterocycles. The van der Waals surface area contributed by atoms with Crippen LogP contribution in [0.2, 0.25) is 0 Å². The maximum absolute atomic E-state index is 13.7. The average molecular weight is 616 g/mol. The Morgan fingerprint density at radius 3 is 2.34 bits per heavy atom. The molecule has 0 unspecified atom stereocenters. The second-order valence-electron chi connectivity index (χ2n) is 12.3. The van der Waals surface area contributed by atoms with Crippen molar-refractivity contribution < 1.29 is 38.6 Å². The number of carboxylic acids is 1. The quantitative estimate of drug-likeness (QED) is 0.212. The Balaban J connectivity index is 2.08. The second kappa shape index (κ2) is 13.9. The molecule has 1 aromatic carbocycles. The number of nitrogens with zero attached hydrogens (tertiary/aromatic N) is 4. The predicted octanol–water partition coefficient (Wildman–Crippen LogP) is 4.85. The van der Waals surface area contributed by atoms with E-state index in [1.807, 2.05) is 0 Å². The second-order valence-corrected chi connectivity index (χ2v) is 12.3. The van der Waals surface area contributed by atoms with Gasteiger partial charge in [-0.25, -0.2) is 19.4 Å². The van der Waals surface area contributed by atoms with E-state index in [2.05, 4.69) is 10.3 Å². The zero-order valence-corrected chi connectivity index (χ0v) is 26.2. The Kier molecular flexibility index (Phi) is 10.7. The van der Waals surface area contributed by atoms with Gasteiger partial charge in [-0.05, 0) is 79.8 Å². The highest BCUT2D eigenvalue weighted by molar-refractivity contribution is 5.89. The number of hydrogen-bond donors (Lipinski definition) is 2. The predicted molar refractivity (Wildman–Crippen MR) is 162 cm³/mol. The standard InChI is InChI=1S/C30H41N5O9/c1-29(2,3)43-27(38)33-18-19(17-23(33)26(36)37)34(28(39)44-30(4,5)6)24-14-9-12-21(32-24)20-11-8-13-22(35(40)41)25(20)42-16-10-15-31-7/h8-9,11-14,19,23,31H,10,15-18H2,1-7H3,(H,36,37)/t19-,23-/m0/s1. The third kappa shape index (κ3) is 8.78. The molecular weight excluding hydrogens is 574 g/mol. The van der Waals surface area contributed by atoms with Gasteiger partial charge in [0.05, 0.1) is 23.3 Å². The van der Waals surface area contributed by atoms with Gasteiger partial charge in [0.15, 0.2) is 0 Å². The van der Waals surface area contributed by atoms with E-state index in [0.717, 1.165) is 4.90 Å². The zero-order chi connectivity index (χ0) is 32.8. The number of anilines is 1. The summed E-state index contributed by atoms with van der Waals surface area (Å²) in [6.45, 7) is 10.8. The topological polar surface area (TPSA) is 174 Å². The van der Waals surface area contributed by atoms with Crippen LogP contribution in [0.15, 0.2) is 36.4 Å². The lowest BCUT2D eigenvalue weighted by atomic mass is 10.1. The summed E-state index contributed by atoms with van der Waals surface area (Å²) in [5, 5.41) is 24.8. The number of nitro benzene ring substituents is 1. The smallest absolute Gasteiger partial charge is 0.416 e. The van der Waals surface area contributed by atoms with Crippen LogP contribution in [0.3, 0.4) is 0 Å². The lowest BCUT2D eigenvalue weighted by molar-refractivity contribution is -0.385. The molecule has 3 rings (SSSR count). The van der Waals surface area contributed by atoms with Crippen LogP contribution in [0.4, 0.5) is 21.1 Å². The lowest BCUT2D eigenvalue weighted by Gasteiger charge is -2.31. The molecule has 2 heterocycles. The number of hydrogen-bond acceptors (Lipinski definition) is 10. The molecule has 1 aliphatic heterocycles. The number of aromatic nitrogens is 1. The van der Waals surface area contributed by atoms with Gasteiger partial charge in [-0.3, -0.25) is 19.9 Å². The summed E-state index contributed by atoms with van der Waals surface area (Å²) in [6, 6.07) is 7.16. The molecule has 2 N–H and O–H groups in total. The minimum absolute atomic E-state index is 0.0324.